The van der Waals surface area contributed by atoms with Crippen LogP contribution in [0, 0.1) is 6.92 Å². The average Bonchev–Trinajstić information content (AvgIpc) is 3.45. The smallest absolute Gasteiger partial charge is 0.224 e. The first-order valence-corrected chi connectivity index (χ1v) is 12.9. The zero-order valence-corrected chi connectivity index (χ0v) is 21.0. The van der Waals surface area contributed by atoms with Gasteiger partial charge in [-0.15, -0.1) is 0 Å². The van der Waals surface area contributed by atoms with Crippen molar-refractivity contribution in [3.8, 4) is 0 Å². The van der Waals surface area contributed by atoms with Gasteiger partial charge >= 0.3 is 0 Å². The van der Waals surface area contributed by atoms with E-state index in [0.29, 0.717) is 5.92 Å². The number of benzene rings is 3. The Labute approximate surface area is 201 Å². The lowest BCUT2D eigenvalue weighted by Gasteiger charge is -2.19. The molecule has 1 aliphatic rings. The van der Waals surface area contributed by atoms with E-state index in [4.69, 9.17) is 0 Å². The number of pyridine rings is 2. The van der Waals surface area contributed by atoms with Gasteiger partial charge in [0.25, 0.3) is 0 Å². The molecule has 2 heteroatoms. The highest BCUT2D eigenvalue weighted by molar-refractivity contribution is 6.25. The molecule has 0 saturated heterocycles. The molecule has 7 rings (SSSR count). The highest BCUT2D eigenvalue weighted by Gasteiger charge is 2.26. The van der Waals surface area contributed by atoms with Crippen molar-refractivity contribution in [1.82, 2.24) is 4.40 Å². The molecule has 3 aromatic heterocycles. The summed E-state index contributed by atoms with van der Waals surface area (Å²) in [5, 5.41) is 6.89. The maximum atomic E-state index is 2.61. The number of rotatable bonds is 1. The Morgan fingerprint density at radius 2 is 1.62 bits per heavy atom. The van der Waals surface area contributed by atoms with E-state index in [-0.39, 0.29) is 5.41 Å². The van der Waals surface area contributed by atoms with Crippen LogP contribution < -0.4 is 4.57 Å². The molecule has 1 saturated carbocycles. The van der Waals surface area contributed by atoms with Gasteiger partial charge in [-0.2, -0.15) is 0 Å². The molecule has 0 amide bonds. The van der Waals surface area contributed by atoms with Crippen LogP contribution in [0.1, 0.15) is 69.1 Å². The van der Waals surface area contributed by atoms with Crippen LogP contribution in [0.2, 0.25) is 0 Å². The largest absolute Gasteiger partial charge is 0.307 e. The minimum atomic E-state index is 0.115. The summed E-state index contributed by atoms with van der Waals surface area (Å²) in [5.41, 5.74) is 9.83. The van der Waals surface area contributed by atoms with E-state index < -0.39 is 0 Å². The lowest BCUT2D eigenvalue weighted by molar-refractivity contribution is -0.643. The van der Waals surface area contributed by atoms with Gasteiger partial charge in [-0.05, 0) is 65.3 Å². The monoisotopic (exact) mass is 445 g/mol. The fraction of sp³-hybridized carbons (Fsp3) is 0.344. The Bertz CT molecular complexity index is 1750. The maximum absolute atomic E-state index is 2.61. The molecule has 0 bridgehead atoms. The molecule has 3 aromatic carbocycles. The molecule has 0 spiro atoms. The number of nitrogens with zero attached hydrogens (tertiary/aromatic N) is 2. The first kappa shape index (κ1) is 20.3. The van der Waals surface area contributed by atoms with Gasteiger partial charge in [-0.1, -0.05) is 63.9 Å². The van der Waals surface area contributed by atoms with Crippen molar-refractivity contribution in [2.24, 2.45) is 7.05 Å². The van der Waals surface area contributed by atoms with Crippen molar-refractivity contribution in [1.29, 1.82) is 0 Å². The fourth-order valence-electron chi connectivity index (χ4n) is 6.70. The van der Waals surface area contributed by atoms with E-state index in [9.17, 15) is 0 Å². The van der Waals surface area contributed by atoms with Crippen LogP contribution in [0.25, 0.3) is 49.0 Å². The van der Waals surface area contributed by atoms with Crippen LogP contribution in [0.3, 0.4) is 0 Å². The van der Waals surface area contributed by atoms with Gasteiger partial charge in [0.15, 0.2) is 6.20 Å². The average molecular weight is 446 g/mol. The molecule has 0 radical (unpaired) electrons. The predicted molar refractivity (Wildman–Crippen MR) is 144 cm³/mol. The molecule has 0 N–H and O–H groups in total. The molecule has 1 aliphatic carbocycles. The highest BCUT2D eigenvalue weighted by atomic mass is 15.0. The Balaban J connectivity index is 1.78. The number of fused-ring (bicyclic) bond motifs is 5. The SMILES string of the molecule is Cc1ccc2c3ccc(C(C)(C)C)cc3n3c4cc(C5CCCC5)cc5cc[n+](C)c(c1c23)c54. The highest BCUT2D eigenvalue weighted by Crippen LogP contribution is 2.43. The minimum Gasteiger partial charge on any atom is -0.307 e. The molecular weight excluding hydrogens is 412 g/mol. The number of hydrogen-bond acceptors (Lipinski definition) is 0. The Hall–Kier alpha value is -3.13. The van der Waals surface area contributed by atoms with Crippen molar-refractivity contribution in [3.63, 3.8) is 0 Å². The van der Waals surface area contributed by atoms with Gasteiger partial charge < -0.3 is 4.40 Å². The summed E-state index contributed by atoms with van der Waals surface area (Å²) in [6.07, 6.45) is 7.63. The van der Waals surface area contributed by atoms with Crippen LogP contribution in [-0.4, -0.2) is 4.40 Å². The van der Waals surface area contributed by atoms with Crippen molar-refractivity contribution >= 4 is 49.0 Å². The van der Waals surface area contributed by atoms with Crippen LogP contribution >= 0.6 is 0 Å². The van der Waals surface area contributed by atoms with Gasteiger partial charge in [0.2, 0.25) is 5.52 Å². The summed E-state index contributed by atoms with van der Waals surface area (Å²) in [6, 6.07) is 19.2. The summed E-state index contributed by atoms with van der Waals surface area (Å²) < 4.78 is 4.95. The first-order valence-electron chi connectivity index (χ1n) is 12.9. The second-order valence-corrected chi connectivity index (χ2v) is 11.7. The fourth-order valence-corrected chi connectivity index (χ4v) is 6.70. The molecule has 0 atom stereocenters. The van der Waals surface area contributed by atoms with E-state index in [0.717, 1.165) is 0 Å². The summed E-state index contributed by atoms with van der Waals surface area (Å²) in [5.74, 6) is 0.694. The van der Waals surface area contributed by atoms with Crippen molar-refractivity contribution in [2.45, 2.75) is 64.7 Å². The van der Waals surface area contributed by atoms with Crippen molar-refractivity contribution < 1.29 is 4.57 Å². The topological polar surface area (TPSA) is 8.29 Å². The molecule has 1 fully saturated rings. The third-order valence-electron chi connectivity index (χ3n) is 8.55. The third-order valence-corrected chi connectivity index (χ3v) is 8.55. The van der Waals surface area contributed by atoms with E-state index >= 15 is 0 Å². The number of hydrogen-bond donors (Lipinski definition) is 0. The zero-order chi connectivity index (χ0) is 23.4. The maximum Gasteiger partial charge on any atom is 0.224 e. The Morgan fingerprint density at radius 3 is 2.38 bits per heavy atom. The first-order chi connectivity index (χ1) is 16.3. The quantitative estimate of drug-likeness (QED) is 0.137. The van der Waals surface area contributed by atoms with Gasteiger partial charge in [-0.3, -0.25) is 0 Å². The zero-order valence-electron chi connectivity index (χ0n) is 21.0. The standard InChI is InChI=1S/C32H33N2/c1-19-10-12-25-24-13-11-23(32(2,3)4)18-26(24)34-27-17-22(20-8-6-7-9-20)16-21-14-15-33(5)31(29(21)27)28(19)30(25)34/h10-18,20H,6-9H2,1-5H3/q+1. The molecule has 170 valence electrons. The van der Waals surface area contributed by atoms with Gasteiger partial charge in [0.1, 0.15) is 7.05 Å². The van der Waals surface area contributed by atoms with Crippen molar-refractivity contribution in [2.75, 3.05) is 0 Å². The van der Waals surface area contributed by atoms with Crippen LogP contribution in [0.15, 0.2) is 54.7 Å². The lowest BCUT2D eigenvalue weighted by Crippen LogP contribution is -2.29. The van der Waals surface area contributed by atoms with Crippen LogP contribution in [0.4, 0.5) is 0 Å². The molecular formula is C32H33N2+. The number of aromatic nitrogens is 2. The molecule has 2 nitrogen and oxygen atoms in total. The predicted octanol–water partition coefficient (Wildman–Crippen LogP) is 8.08. The number of aryl methyl sites for hydroxylation is 2. The van der Waals surface area contributed by atoms with E-state index in [1.54, 1.807) is 0 Å². The normalized spacial score (nSPS) is 15.8. The molecule has 0 unspecified atom stereocenters. The van der Waals surface area contributed by atoms with Gasteiger partial charge in [0, 0.05) is 16.8 Å². The summed E-state index contributed by atoms with van der Waals surface area (Å²) >= 11 is 0. The van der Waals surface area contributed by atoms with E-state index in [1.165, 1.54) is 91.4 Å². The van der Waals surface area contributed by atoms with Crippen LogP contribution in [-0.2, 0) is 12.5 Å². The summed E-state index contributed by atoms with van der Waals surface area (Å²) in [7, 11) is 2.21. The van der Waals surface area contributed by atoms with Crippen LogP contribution in [0.5, 0.6) is 0 Å². The molecule has 34 heavy (non-hydrogen) atoms. The Kier molecular flexibility index (Phi) is 4.00. The van der Waals surface area contributed by atoms with E-state index in [1.807, 2.05) is 0 Å². The Morgan fingerprint density at radius 1 is 0.853 bits per heavy atom. The van der Waals surface area contributed by atoms with Gasteiger partial charge in [-0.25, -0.2) is 4.57 Å². The third kappa shape index (κ3) is 2.60. The van der Waals surface area contributed by atoms with Gasteiger partial charge in [0.05, 0.1) is 27.3 Å². The lowest BCUT2D eigenvalue weighted by atomic mass is 9.86. The van der Waals surface area contributed by atoms with E-state index in [2.05, 4.69) is 98.4 Å². The molecule has 0 aliphatic heterocycles. The second kappa shape index (κ2) is 6.72. The molecule has 6 aromatic rings. The molecule has 3 heterocycles. The summed E-state index contributed by atoms with van der Waals surface area (Å²) in [6.45, 7) is 9.22. The summed E-state index contributed by atoms with van der Waals surface area (Å²) in [4.78, 5) is 0. The second-order valence-electron chi connectivity index (χ2n) is 11.7. The van der Waals surface area contributed by atoms with Crippen molar-refractivity contribution in [3.05, 3.63) is 71.4 Å². The minimum absolute atomic E-state index is 0.115.